The van der Waals surface area contributed by atoms with Crippen molar-refractivity contribution in [3.8, 4) is 0 Å². The van der Waals surface area contributed by atoms with E-state index in [0.717, 1.165) is 39.3 Å². The summed E-state index contributed by atoms with van der Waals surface area (Å²) in [5, 5.41) is 0. The van der Waals surface area contributed by atoms with Crippen molar-refractivity contribution in [2.24, 2.45) is 9.98 Å². The molecular formula is C18H38MoN4O2. The summed E-state index contributed by atoms with van der Waals surface area (Å²) in [6, 6.07) is 0. The third kappa shape index (κ3) is 28.3. The molecule has 0 amide bonds. The van der Waals surface area contributed by atoms with Crippen LogP contribution in [-0.2, 0) is 25.3 Å². The van der Waals surface area contributed by atoms with Crippen LogP contribution in [0.25, 0.3) is 0 Å². The number of rotatable bonds is 12. The Bertz CT molecular complexity index is 295. The molecule has 0 N–H and O–H groups in total. The van der Waals surface area contributed by atoms with Crippen LogP contribution < -0.4 is 0 Å². The predicted octanol–water partition coefficient (Wildman–Crippen LogP) is 3.83. The summed E-state index contributed by atoms with van der Waals surface area (Å²) in [7, 11) is 0. The molecule has 0 saturated carbocycles. The van der Waals surface area contributed by atoms with Gasteiger partial charge in [-0.3, -0.25) is 12.7 Å². The molecule has 0 fully saturated rings. The molecule has 0 saturated heterocycles. The molecule has 6 nitrogen and oxygen atoms in total. The Morgan fingerprint density at radius 1 is 0.640 bits per heavy atom. The van der Waals surface area contributed by atoms with Gasteiger partial charge in [0.2, 0.25) is 0 Å². The van der Waals surface area contributed by atoms with Gasteiger partial charge in [-0.25, -0.2) is 0 Å². The van der Waals surface area contributed by atoms with Crippen molar-refractivity contribution in [1.82, 2.24) is 9.80 Å². The normalized spacial score (nSPS) is 9.84. The van der Waals surface area contributed by atoms with Gasteiger partial charge in [0.05, 0.1) is 0 Å². The van der Waals surface area contributed by atoms with Crippen LogP contribution in [0.2, 0.25) is 0 Å². The van der Waals surface area contributed by atoms with E-state index in [1.54, 1.807) is 0 Å². The van der Waals surface area contributed by atoms with Crippen molar-refractivity contribution in [3.05, 3.63) is 0 Å². The predicted molar refractivity (Wildman–Crippen MR) is 102 cm³/mol. The van der Waals surface area contributed by atoms with E-state index < -0.39 is 18.5 Å². The van der Waals surface area contributed by atoms with Crippen LogP contribution in [0.5, 0.6) is 0 Å². The molecule has 0 atom stereocenters. The molecule has 0 aliphatic rings. The second-order valence-corrected chi connectivity index (χ2v) is 5.53. The molecule has 0 aliphatic carbocycles. The molecule has 0 heterocycles. The molecule has 25 heavy (non-hydrogen) atoms. The molecule has 0 unspecified atom stereocenters. The number of aliphatic imine (C=N–C) groups is 2. The van der Waals surface area contributed by atoms with E-state index in [2.05, 4.69) is 60.2 Å². The Kier molecular flexibility index (Phi) is 32.5. The molecule has 7 heteroatoms. The van der Waals surface area contributed by atoms with Gasteiger partial charge in [-0.05, 0) is 78.8 Å². The number of hydrogen-bond donors (Lipinski definition) is 0. The first-order chi connectivity index (χ1) is 12.1. The molecule has 0 aromatic rings. The van der Waals surface area contributed by atoms with E-state index in [0.29, 0.717) is 0 Å². The molecule has 148 valence electrons. The molecule has 0 aromatic heterocycles. The van der Waals surface area contributed by atoms with Crippen molar-refractivity contribution in [1.29, 1.82) is 0 Å². The minimum atomic E-state index is -2.03. The zero-order valence-electron chi connectivity index (χ0n) is 17.1. The van der Waals surface area contributed by atoms with Gasteiger partial charge in [-0.15, -0.1) is 0 Å². The quantitative estimate of drug-likeness (QED) is 0.153. The summed E-state index contributed by atoms with van der Waals surface area (Å²) in [5.74, 6) is 0. The first-order valence-corrected chi connectivity index (χ1v) is 11.0. The first kappa shape index (κ1) is 29.0. The van der Waals surface area contributed by atoms with E-state index in [1.165, 1.54) is 25.7 Å². The summed E-state index contributed by atoms with van der Waals surface area (Å²) in [6.45, 7) is 18.8. The van der Waals surface area contributed by atoms with E-state index in [1.807, 2.05) is 13.8 Å². The van der Waals surface area contributed by atoms with Crippen LogP contribution in [0.15, 0.2) is 9.98 Å². The second-order valence-electron chi connectivity index (χ2n) is 5.19. The Morgan fingerprint density at radius 3 is 1.04 bits per heavy atom. The molecule has 0 spiro atoms. The first-order valence-electron chi connectivity index (χ1n) is 9.37. The van der Waals surface area contributed by atoms with Gasteiger partial charge >= 0.3 is 25.3 Å². The van der Waals surface area contributed by atoms with Crippen molar-refractivity contribution >= 4 is 12.7 Å². The van der Waals surface area contributed by atoms with E-state index >= 15 is 0 Å². The Morgan fingerprint density at radius 2 is 0.880 bits per heavy atom. The molecule has 0 radical (unpaired) electrons. The standard InChI is InChI=1S/2C9H19N2.Mo.2O/c2*1-4-7-11(8-5-2)9-10-6-3;;;/h2*4-8H2,1-3H3;;;/q2*-1;+2;;. The molecule has 0 aliphatic heterocycles. The topological polar surface area (TPSA) is 65.3 Å². The van der Waals surface area contributed by atoms with Crippen molar-refractivity contribution in [2.75, 3.05) is 39.3 Å². The summed E-state index contributed by atoms with van der Waals surface area (Å²) in [6.07, 6.45) is 10.8. The average Bonchev–Trinajstić information content (AvgIpc) is 2.60. The van der Waals surface area contributed by atoms with Gasteiger partial charge in [0, 0.05) is 0 Å². The van der Waals surface area contributed by atoms with Crippen LogP contribution in [0.4, 0.5) is 0 Å². The molecule has 0 rings (SSSR count). The Balaban J connectivity index is -0.000000334. The summed E-state index contributed by atoms with van der Waals surface area (Å²) >= 11 is -2.03. The van der Waals surface area contributed by atoms with Crippen LogP contribution in [0, 0.1) is 0 Å². The van der Waals surface area contributed by atoms with Gasteiger partial charge < -0.3 is 19.8 Å². The SMILES string of the molecule is CCCN([C-]=NCC)CCC.CCCN([C-]=NCC)CCC.[O]=[Mo+2]=[O]. The van der Waals surface area contributed by atoms with Crippen molar-refractivity contribution in [3.63, 3.8) is 0 Å². The number of hydrogen-bond acceptors (Lipinski definition) is 4. The zero-order chi connectivity index (χ0) is 19.8. The van der Waals surface area contributed by atoms with Crippen molar-refractivity contribution in [2.45, 2.75) is 67.2 Å². The van der Waals surface area contributed by atoms with E-state index in [-0.39, 0.29) is 0 Å². The zero-order valence-corrected chi connectivity index (χ0v) is 19.1. The average molecular weight is 438 g/mol. The van der Waals surface area contributed by atoms with Crippen LogP contribution in [0.1, 0.15) is 67.2 Å². The summed E-state index contributed by atoms with van der Waals surface area (Å²) in [5.41, 5.74) is 0. The summed E-state index contributed by atoms with van der Waals surface area (Å²) in [4.78, 5) is 12.5. The second kappa shape index (κ2) is 28.0. The monoisotopic (exact) mass is 440 g/mol. The van der Waals surface area contributed by atoms with E-state index in [9.17, 15) is 0 Å². The van der Waals surface area contributed by atoms with Crippen molar-refractivity contribution < 1.29 is 25.3 Å². The van der Waals surface area contributed by atoms with E-state index in [4.69, 9.17) is 6.80 Å². The van der Waals surface area contributed by atoms with Gasteiger partial charge in [0.15, 0.2) is 0 Å². The fourth-order valence-corrected chi connectivity index (χ4v) is 1.84. The molecule has 0 bridgehead atoms. The third-order valence-corrected chi connectivity index (χ3v) is 2.71. The third-order valence-electron chi connectivity index (χ3n) is 2.71. The van der Waals surface area contributed by atoms with Crippen LogP contribution >= 0.6 is 0 Å². The van der Waals surface area contributed by atoms with Gasteiger partial charge in [0.1, 0.15) is 0 Å². The van der Waals surface area contributed by atoms with Gasteiger partial charge in [0.25, 0.3) is 0 Å². The minimum absolute atomic E-state index is 0.837. The fraction of sp³-hybridized carbons (Fsp3) is 0.889. The fourth-order valence-electron chi connectivity index (χ4n) is 1.84. The molecular weight excluding hydrogens is 400 g/mol. The molecule has 0 aromatic carbocycles. The Hall–Kier alpha value is -0.772. The van der Waals surface area contributed by atoms with Crippen LogP contribution in [-0.4, -0.2) is 61.7 Å². The van der Waals surface area contributed by atoms with Gasteiger partial charge in [-0.1, -0.05) is 27.7 Å². The number of nitrogens with zero attached hydrogens (tertiary/aromatic N) is 4. The van der Waals surface area contributed by atoms with Crippen LogP contribution in [0.3, 0.4) is 0 Å². The Labute approximate surface area is 164 Å². The maximum atomic E-state index is 8.50. The maximum absolute atomic E-state index is 8.50. The van der Waals surface area contributed by atoms with Gasteiger partial charge in [-0.2, -0.15) is 0 Å². The summed E-state index contributed by atoms with van der Waals surface area (Å²) < 4.78 is 17.0.